The van der Waals surface area contributed by atoms with Gasteiger partial charge in [-0.2, -0.15) is 0 Å². The maximum Gasteiger partial charge on any atom is 0.315 e. The van der Waals surface area contributed by atoms with Crippen molar-refractivity contribution >= 4 is 11.9 Å². The molecule has 1 aromatic carbocycles. The molecule has 1 aliphatic rings. The number of urea groups is 1. The molecule has 2 rings (SSSR count). The molecule has 0 heterocycles. The first-order chi connectivity index (χ1) is 11.1. The van der Waals surface area contributed by atoms with E-state index in [0.29, 0.717) is 12.1 Å². The van der Waals surface area contributed by atoms with Crippen molar-refractivity contribution < 1.29 is 9.59 Å². The first kappa shape index (κ1) is 17.3. The minimum Gasteiger partial charge on any atom is -0.347 e. The largest absolute Gasteiger partial charge is 0.347 e. The van der Waals surface area contributed by atoms with Gasteiger partial charge in [0.2, 0.25) is 0 Å². The first-order valence-electron chi connectivity index (χ1n) is 8.52. The highest BCUT2D eigenvalue weighted by Gasteiger charge is 2.28. The van der Waals surface area contributed by atoms with Gasteiger partial charge in [0.05, 0.1) is 6.04 Å². The molecule has 23 heavy (non-hydrogen) atoms. The van der Waals surface area contributed by atoms with Crippen LogP contribution in [0.5, 0.6) is 0 Å². The second-order valence-corrected chi connectivity index (χ2v) is 6.24. The Hall–Kier alpha value is -2.04. The molecule has 2 atom stereocenters. The number of aryl methyl sites for hydroxylation is 1. The van der Waals surface area contributed by atoms with Crippen molar-refractivity contribution in [2.75, 3.05) is 6.54 Å². The SMILES string of the molecule is CCCNC(=O)NC1CCCCC1NC(=O)c1cccc(C)c1. The molecule has 1 aromatic rings. The first-order valence-corrected chi connectivity index (χ1v) is 8.52. The van der Waals surface area contributed by atoms with Crippen LogP contribution in [-0.4, -0.2) is 30.6 Å². The summed E-state index contributed by atoms with van der Waals surface area (Å²) in [6, 6.07) is 7.40. The van der Waals surface area contributed by atoms with E-state index in [1.54, 1.807) is 0 Å². The fourth-order valence-electron chi connectivity index (χ4n) is 2.97. The molecule has 0 aliphatic heterocycles. The van der Waals surface area contributed by atoms with E-state index < -0.39 is 0 Å². The zero-order valence-electron chi connectivity index (χ0n) is 14.0. The smallest absolute Gasteiger partial charge is 0.315 e. The number of hydrogen-bond acceptors (Lipinski definition) is 2. The Morgan fingerprint density at radius 1 is 1.13 bits per heavy atom. The molecule has 5 nitrogen and oxygen atoms in total. The average Bonchev–Trinajstić information content (AvgIpc) is 2.54. The Morgan fingerprint density at radius 3 is 2.48 bits per heavy atom. The number of carbonyl (C=O) groups is 2. The third-order valence-electron chi connectivity index (χ3n) is 4.21. The number of carbonyl (C=O) groups excluding carboxylic acids is 2. The van der Waals surface area contributed by atoms with Crippen LogP contribution in [0.3, 0.4) is 0 Å². The van der Waals surface area contributed by atoms with Crippen LogP contribution in [-0.2, 0) is 0 Å². The number of nitrogens with one attached hydrogen (secondary N) is 3. The highest BCUT2D eigenvalue weighted by atomic mass is 16.2. The lowest BCUT2D eigenvalue weighted by Crippen LogP contribution is -2.55. The van der Waals surface area contributed by atoms with Gasteiger partial charge in [-0.3, -0.25) is 4.79 Å². The van der Waals surface area contributed by atoms with Crippen LogP contribution in [0.25, 0.3) is 0 Å². The van der Waals surface area contributed by atoms with Gasteiger partial charge >= 0.3 is 6.03 Å². The van der Waals surface area contributed by atoms with E-state index in [1.807, 2.05) is 38.1 Å². The quantitative estimate of drug-likeness (QED) is 0.781. The van der Waals surface area contributed by atoms with Crippen LogP contribution in [0.4, 0.5) is 4.79 Å². The molecule has 1 fully saturated rings. The Kier molecular flexibility index (Phi) is 6.44. The van der Waals surface area contributed by atoms with Crippen molar-refractivity contribution in [1.82, 2.24) is 16.0 Å². The van der Waals surface area contributed by atoms with Gasteiger partial charge in [0.25, 0.3) is 5.91 Å². The van der Waals surface area contributed by atoms with Gasteiger partial charge in [0.1, 0.15) is 0 Å². The van der Waals surface area contributed by atoms with Gasteiger partial charge in [-0.1, -0.05) is 37.5 Å². The van der Waals surface area contributed by atoms with Gasteiger partial charge in [-0.25, -0.2) is 4.79 Å². The van der Waals surface area contributed by atoms with Crippen molar-refractivity contribution in [3.63, 3.8) is 0 Å². The second kappa shape index (κ2) is 8.56. The monoisotopic (exact) mass is 317 g/mol. The molecule has 5 heteroatoms. The molecule has 0 aromatic heterocycles. The van der Waals surface area contributed by atoms with Crippen LogP contribution in [0.2, 0.25) is 0 Å². The zero-order chi connectivity index (χ0) is 16.7. The molecule has 0 radical (unpaired) electrons. The molecule has 1 aliphatic carbocycles. The Morgan fingerprint density at radius 2 is 1.83 bits per heavy atom. The predicted molar refractivity (Wildman–Crippen MR) is 91.5 cm³/mol. The third-order valence-corrected chi connectivity index (χ3v) is 4.21. The van der Waals surface area contributed by atoms with E-state index in [-0.39, 0.29) is 24.0 Å². The Labute approximate surface area is 138 Å². The summed E-state index contributed by atoms with van der Waals surface area (Å²) in [5, 5.41) is 8.93. The molecule has 3 amide bonds. The van der Waals surface area contributed by atoms with E-state index in [9.17, 15) is 9.59 Å². The normalized spacial score (nSPS) is 20.6. The van der Waals surface area contributed by atoms with Gasteiger partial charge < -0.3 is 16.0 Å². The standard InChI is InChI=1S/C18H27N3O2/c1-3-11-19-18(23)21-16-10-5-4-9-15(16)20-17(22)14-8-6-7-13(2)12-14/h6-8,12,15-16H,3-5,9-11H2,1-2H3,(H,20,22)(H2,19,21,23). The van der Waals surface area contributed by atoms with Crippen LogP contribution in [0.15, 0.2) is 24.3 Å². The van der Waals surface area contributed by atoms with Crippen molar-refractivity contribution in [1.29, 1.82) is 0 Å². The predicted octanol–water partition coefficient (Wildman–Crippen LogP) is 2.75. The Balaban J connectivity index is 1.95. The lowest BCUT2D eigenvalue weighted by molar-refractivity contribution is 0.0916. The molecule has 0 saturated heterocycles. The summed E-state index contributed by atoms with van der Waals surface area (Å²) in [5.41, 5.74) is 1.74. The van der Waals surface area contributed by atoms with E-state index in [4.69, 9.17) is 0 Å². The maximum absolute atomic E-state index is 12.4. The van der Waals surface area contributed by atoms with E-state index in [1.165, 1.54) is 0 Å². The summed E-state index contributed by atoms with van der Waals surface area (Å²) < 4.78 is 0. The summed E-state index contributed by atoms with van der Waals surface area (Å²) in [6.07, 6.45) is 4.86. The van der Waals surface area contributed by atoms with Gasteiger partial charge in [-0.05, 0) is 38.3 Å². The minimum atomic E-state index is -0.145. The zero-order valence-corrected chi connectivity index (χ0v) is 14.0. The van der Waals surface area contributed by atoms with Gasteiger partial charge in [-0.15, -0.1) is 0 Å². The fraction of sp³-hybridized carbons (Fsp3) is 0.556. The molecular weight excluding hydrogens is 290 g/mol. The van der Waals surface area contributed by atoms with Crippen molar-refractivity contribution in [2.45, 2.75) is 58.0 Å². The minimum absolute atomic E-state index is 0.00522. The van der Waals surface area contributed by atoms with Crippen LogP contribution < -0.4 is 16.0 Å². The molecule has 0 bridgehead atoms. The summed E-state index contributed by atoms with van der Waals surface area (Å²) in [7, 11) is 0. The topological polar surface area (TPSA) is 70.2 Å². The maximum atomic E-state index is 12.4. The lowest BCUT2D eigenvalue weighted by Gasteiger charge is -2.32. The van der Waals surface area contributed by atoms with Crippen molar-refractivity contribution in [3.05, 3.63) is 35.4 Å². The summed E-state index contributed by atoms with van der Waals surface area (Å²) in [6.45, 7) is 4.66. The molecule has 1 saturated carbocycles. The summed E-state index contributed by atoms with van der Waals surface area (Å²) >= 11 is 0. The van der Waals surface area contributed by atoms with Gasteiger partial charge in [0, 0.05) is 18.2 Å². The van der Waals surface area contributed by atoms with Gasteiger partial charge in [0.15, 0.2) is 0 Å². The summed E-state index contributed by atoms with van der Waals surface area (Å²) in [5.74, 6) is -0.0682. The van der Waals surface area contributed by atoms with Crippen molar-refractivity contribution in [3.8, 4) is 0 Å². The van der Waals surface area contributed by atoms with Crippen LogP contribution >= 0.6 is 0 Å². The number of hydrogen-bond donors (Lipinski definition) is 3. The lowest BCUT2D eigenvalue weighted by atomic mass is 9.90. The molecule has 2 unspecified atom stereocenters. The summed E-state index contributed by atoms with van der Waals surface area (Å²) in [4.78, 5) is 24.3. The third kappa shape index (κ3) is 5.27. The fourth-order valence-corrected chi connectivity index (χ4v) is 2.97. The Bertz CT molecular complexity index is 545. The highest BCUT2D eigenvalue weighted by molar-refractivity contribution is 5.94. The number of rotatable bonds is 5. The second-order valence-electron chi connectivity index (χ2n) is 6.24. The molecule has 3 N–H and O–H groups in total. The van der Waals surface area contributed by atoms with E-state index >= 15 is 0 Å². The molecular formula is C18H27N3O2. The van der Waals surface area contributed by atoms with Crippen LogP contribution in [0, 0.1) is 6.92 Å². The number of amides is 3. The molecule has 126 valence electrons. The van der Waals surface area contributed by atoms with E-state index in [2.05, 4.69) is 16.0 Å². The number of benzene rings is 1. The van der Waals surface area contributed by atoms with Crippen LogP contribution in [0.1, 0.15) is 54.9 Å². The average molecular weight is 317 g/mol. The van der Waals surface area contributed by atoms with E-state index in [0.717, 1.165) is 37.7 Å². The van der Waals surface area contributed by atoms with Crippen molar-refractivity contribution in [2.24, 2.45) is 0 Å². The highest BCUT2D eigenvalue weighted by Crippen LogP contribution is 2.19. The molecule has 0 spiro atoms.